The Balaban J connectivity index is 1.86. The molecule has 0 bridgehead atoms. The maximum atomic E-state index is 13.3. The summed E-state index contributed by atoms with van der Waals surface area (Å²) in [5.41, 5.74) is 1.35. The largest absolute Gasteiger partial charge is 0.381 e. The van der Waals surface area contributed by atoms with Gasteiger partial charge in [-0.15, -0.1) is 0 Å². The molecule has 0 amide bonds. The van der Waals surface area contributed by atoms with Crippen LogP contribution in [0.5, 0.6) is 0 Å². The van der Waals surface area contributed by atoms with E-state index in [0.717, 1.165) is 18.4 Å². The summed E-state index contributed by atoms with van der Waals surface area (Å²) in [6.45, 7) is 1.78. The van der Waals surface area contributed by atoms with Crippen molar-refractivity contribution in [2.45, 2.75) is 18.3 Å². The third-order valence-electron chi connectivity index (χ3n) is 4.62. The number of anilines is 1. The molecule has 1 N–H and O–H groups in total. The molecule has 1 fully saturated rings. The van der Waals surface area contributed by atoms with E-state index in [4.69, 9.17) is 4.74 Å². The minimum atomic E-state index is -0.392. The van der Waals surface area contributed by atoms with E-state index in [1.165, 1.54) is 18.2 Å². The van der Waals surface area contributed by atoms with Crippen LogP contribution in [-0.2, 0) is 10.2 Å². The van der Waals surface area contributed by atoms with Crippen LogP contribution in [0.2, 0.25) is 0 Å². The van der Waals surface area contributed by atoms with Crippen molar-refractivity contribution in [1.29, 1.82) is 0 Å². The van der Waals surface area contributed by atoms with Crippen LogP contribution in [0, 0.1) is 15.9 Å². The molecule has 0 saturated carbocycles. The van der Waals surface area contributed by atoms with Gasteiger partial charge in [-0.2, -0.15) is 0 Å². The molecule has 1 aliphatic heterocycles. The van der Waals surface area contributed by atoms with Crippen molar-refractivity contribution in [3.63, 3.8) is 0 Å². The molecule has 0 atom stereocenters. The van der Waals surface area contributed by atoms with Gasteiger partial charge in [-0.1, -0.05) is 24.3 Å². The number of benzene rings is 2. The molecule has 0 spiro atoms. The second-order valence-electron chi connectivity index (χ2n) is 6.03. The second kappa shape index (κ2) is 6.97. The van der Waals surface area contributed by atoms with Gasteiger partial charge in [-0.25, -0.2) is 4.39 Å². The summed E-state index contributed by atoms with van der Waals surface area (Å²) >= 11 is 0. The van der Waals surface area contributed by atoms with Gasteiger partial charge in [0.05, 0.1) is 4.92 Å². The molecule has 1 saturated heterocycles. The molecule has 3 rings (SSSR count). The van der Waals surface area contributed by atoms with Gasteiger partial charge < -0.3 is 10.1 Å². The number of ether oxygens (including phenoxy) is 1. The van der Waals surface area contributed by atoms with E-state index in [1.807, 2.05) is 0 Å². The monoisotopic (exact) mass is 330 g/mol. The lowest BCUT2D eigenvalue weighted by atomic mass is 9.74. The fourth-order valence-electron chi connectivity index (χ4n) is 3.18. The Morgan fingerprint density at radius 3 is 2.46 bits per heavy atom. The average molecular weight is 330 g/mol. The molecule has 1 aliphatic rings. The summed E-state index contributed by atoms with van der Waals surface area (Å²) in [4.78, 5) is 10.8. The highest BCUT2D eigenvalue weighted by Gasteiger charge is 2.34. The smallest absolute Gasteiger partial charge is 0.292 e. The van der Waals surface area contributed by atoms with E-state index in [2.05, 4.69) is 5.32 Å². The number of rotatable bonds is 5. The van der Waals surface area contributed by atoms with Gasteiger partial charge in [0.15, 0.2) is 0 Å². The van der Waals surface area contributed by atoms with Gasteiger partial charge >= 0.3 is 0 Å². The highest BCUT2D eigenvalue weighted by atomic mass is 19.1. The van der Waals surface area contributed by atoms with Crippen molar-refractivity contribution in [3.05, 3.63) is 70.0 Å². The number of nitro benzene ring substituents is 1. The first-order valence-corrected chi connectivity index (χ1v) is 7.92. The number of halogens is 1. The highest BCUT2D eigenvalue weighted by molar-refractivity contribution is 5.61. The molecule has 0 unspecified atom stereocenters. The molecule has 0 aliphatic carbocycles. The predicted octanol–water partition coefficient (Wildman–Crippen LogP) is 3.89. The second-order valence-corrected chi connectivity index (χ2v) is 6.03. The van der Waals surface area contributed by atoms with E-state index < -0.39 is 4.92 Å². The zero-order chi connectivity index (χ0) is 17.0. The molecule has 126 valence electrons. The fraction of sp³-hybridized carbons (Fsp3) is 0.333. The first kappa shape index (κ1) is 16.4. The van der Waals surface area contributed by atoms with E-state index >= 15 is 0 Å². The Bertz CT molecular complexity index is 712. The standard InChI is InChI=1S/C18H19FN2O3/c19-15-7-5-14(6-8-15)18(9-11-24-12-10-18)13-20-16-3-1-2-4-17(16)21(22)23/h1-8,20H,9-13H2. The van der Waals surface area contributed by atoms with Gasteiger partial charge in [0, 0.05) is 31.2 Å². The van der Waals surface area contributed by atoms with Crippen LogP contribution in [0.1, 0.15) is 18.4 Å². The van der Waals surface area contributed by atoms with Crippen LogP contribution >= 0.6 is 0 Å². The van der Waals surface area contributed by atoms with Gasteiger partial charge in [-0.05, 0) is 36.6 Å². The number of nitrogens with zero attached hydrogens (tertiary/aromatic N) is 1. The quantitative estimate of drug-likeness (QED) is 0.667. The van der Waals surface area contributed by atoms with Crippen LogP contribution in [0.4, 0.5) is 15.8 Å². The van der Waals surface area contributed by atoms with E-state index in [0.29, 0.717) is 25.4 Å². The fourth-order valence-corrected chi connectivity index (χ4v) is 3.18. The highest BCUT2D eigenvalue weighted by Crippen LogP contribution is 2.36. The van der Waals surface area contributed by atoms with Crippen molar-refractivity contribution >= 4 is 11.4 Å². The summed E-state index contributed by atoms with van der Waals surface area (Å²) in [5.74, 6) is -0.271. The van der Waals surface area contributed by atoms with E-state index in [-0.39, 0.29) is 16.9 Å². The molecule has 24 heavy (non-hydrogen) atoms. The molecular formula is C18H19FN2O3. The number of hydrogen-bond donors (Lipinski definition) is 1. The van der Waals surface area contributed by atoms with Crippen LogP contribution in [0.3, 0.4) is 0 Å². The van der Waals surface area contributed by atoms with Crippen LogP contribution in [0.25, 0.3) is 0 Å². The molecule has 6 heteroatoms. The van der Waals surface area contributed by atoms with Crippen molar-refractivity contribution in [1.82, 2.24) is 0 Å². The maximum absolute atomic E-state index is 13.3. The molecule has 5 nitrogen and oxygen atoms in total. The molecule has 1 heterocycles. The van der Waals surface area contributed by atoms with Crippen LogP contribution < -0.4 is 5.32 Å². The van der Waals surface area contributed by atoms with Gasteiger partial charge in [0.1, 0.15) is 11.5 Å². The molecular weight excluding hydrogens is 311 g/mol. The van der Waals surface area contributed by atoms with Gasteiger partial charge in [-0.3, -0.25) is 10.1 Å². The molecule has 0 aromatic heterocycles. The molecule has 2 aromatic carbocycles. The topological polar surface area (TPSA) is 64.4 Å². The van der Waals surface area contributed by atoms with E-state index in [1.54, 1.807) is 30.3 Å². The Kier molecular flexibility index (Phi) is 4.76. The van der Waals surface area contributed by atoms with Gasteiger partial charge in [0.2, 0.25) is 0 Å². The van der Waals surface area contributed by atoms with Crippen molar-refractivity contribution in [3.8, 4) is 0 Å². The number of nitrogens with one attached hydrogen (secondary N) is 1. The lowest BCUT2D eigenvalue weighted by molar-refractivity contribution is -0.384. The molecule has 0 radical (unpaired) electrons. The van der Waals surface area contributed by atoms with Crippen LogP contribution in [0.15, 0.2) is 48.5 Å². The average Bonchev–Trinajstić information content (AvgIpc) is 2.61. The minimum absolute atomic E-state index is 0.0545. The zero-order valence-corrected chi connectivity index (χ0v) is 13.2. The summed E-state index contributed by atoms with van der Waals surface area (Å²) < 4.78 is 18.7. The van der Waals surface area contributed by atoms with Crippen molar-refractivity contribution < 1.29 is 14.1 Å². The lowest BCUT2D eigenvalue weighted by Crippen LogP contribution is -2.40. The minimum Gasteiger partial charge on any atom is -0.381 e. The zero-order valence-electron chi connectivity index (χ0n) is 13.2. The predicted molar refractivity (Wildman–Crippen MR) is 89.7 cm³/mol. The Hall–Kier alpha value is -2.47. The Morgan fingerprint density at radius 2 is 1.79 bits per heavy atom. The van der Waals surface area contributed by atoms with Gasteiger partial charge in [0.25, 0.3) is 5.69 Å². The van der Waals surface area contributed by atoms with Crippen LogP contribution in [-0.4, -0.2) is 24.7 Å². The number of nitro groups is 1. The maximum Gasteiger partial charge on any atom is 0.292 e. The SMILES string of the molecule is O=[N+]([O-])c1ccccc1NCC1(c2ccc(F)cc2)CCOCC1. The lowest BCUT2D eigenvalue weighted by Gasteiger charge is -2.38. The van der Waals surface area contributed by atoms with Crippen molar-refractivity contribution in [2.75, 3.05) is 25.1 Å². The van der Waals surface area contributed by atoms with Crippen molar-refractivity contribution in [2.24, 2.45) is 0 Å². The first-order valence-electron chi connectivity index (χ1n) is 7.92. The summed E-state index contributed by atoms with van der Waals surface area (Å²) in [6.07, 6.45) is 1.57. The third-order valence-corrected chi connectivity index (χ3v) is 4.62. The van der Waals surface area contributed by atoms with E-state index in [9.17, 15) is 14.5 Å². The molecule has 2 aromatic rings. The summed E-state index contributed by atoms with van der Waals surface area (Å²) in [7, 11) is 0. The summed E-state index contributed by atoms with van der Waals surface area (Å²) in [6, 6.07) is 13.1. The third kappa shape index (κ3) is 3.38. The Labute approximate surface area is 139 Å². The number of hydrogen-bond acceptors (Lipinski definition) is 4. The Morgan fingerprint density at radius 1 is 1.12 bits per heavy atom. The summed E-state index contributed by atoms with van der Waals surface area (Å²) in [5, 5.41) is 14.4. The number of para-hydroxylation sites is 2. The normalized spacial score (nSPS) is 16.5. The first-order chi connectivity index (χ1) is 11.6.